The van der Waals surface area contributed by atoms with E-state index in [1.165, 1.54) is 12.1 Å². The van der Waals surface area contributed by atoms with E-state index in [2.05, 4.69) is 12.6 Å². The lowest BCUT2D eigenvalue weighted by Gasteiger charge is -1.97. The van der Waals surface area contributed by atoms with Crippen molar-refractivity contribution in [3.05, 3.63) is 35.1 Å². The lowest BCUT2D eigenvalue weighted by molar-refractivity contribution is 0.625. The van der Waals surface area contributed by atoms with Gasteiger partial charge in [-0.1, -0.05) is 6.07 Å². The standard InChI is InChI=1S/C8H9FS/c1-6-2-7(5-10)4-8(9)3-6/h2-4,10H,5H2,1H3. The van der Waals surface area contributed by atoms with Crippen molar-refractivity contribution in [3.63, 3.8) is 0 Å². The van der Waals surface area contributed by atoms with E-state index >= 15 is 0 Å². The third kappa shape index (κ3) is 1.74. The highest BCUT2D eigenvalue weighted by atomic mass is 32.1. The molecule has 0 aliphatic rings. The van der Waals surface area contributed by atoms with Gasteiger partial charge in [0.1, 0.15) is 5.82 Å². The number of hydrogen-bond donors (Lipinski definition) is 1. The van der Waals surface area contributed by atoms with Crippen LogP contribution in [0.25, 0.3) is 0 Å². The van der Waals surface area contributed by atoms with Gasteiger partial charge in [0, 0.05) is 5.75 Å². The number of halogens is 1. The first-order valence-electron chi connectivity index (χ1n) is 3.09. The summed E-state index contributed by atoms with van der Waals surface area (Å²) in [6.45, 7) is 1.87. The SMILES string of the molecule is Cc1cc(F)cc(CS)c1. The lowest BCUT2D eigenvalue weighted by Crippen LogP contribution is -1.83. The zero-order valence-corrected chi connectivity index (χ0v) is 6.66. The summed E-state index contributed by atoms with van der Waals surface area (Å²) in [5.41, 5.74) is 1.88. The molecule has 0 amide bonds. The Balaban J connectivity index is 3.06. The summed E-state index contributed by atoms with van der Waals surface area (Å²) in [4.78, 5) is 0. The molecule has 0 spiro atoms. The topological polar surface area (TPSA) is 0 Å². The molecule has 0 nitrogen and oxygen atoms in total. The average molecular weight is 156 g/mol. The van der Waals surface area contributed by atoms with E-state index in [9.17, 15) is 4.39 Å². The molecule has 10 heavy (non-hydrogen) atoms. The van der Waals surface area contributed by atoms with E-state index < -0.39 is 0 Å². The Hall–Kier alpha value is -0.500. The largest absolute Gasteiger partial charge is 0.207 e. The van der Waals surface area contributed by atoms with Gasteiger partial charge in [-0.25, -0.2) is 4.39 Å². The molecule has 1 aromatic rings. The summed E-state index contributed by atoms with van der Waals surface area (Å²) in [6.07, 6.45) is 0. The molecule has 0 saturated carbocycles. The highest BCUT2D eigenvalue weighted by Gasteiger charge is 1.94. The zero-order valence-electron chi connectivity index (χ0n) is 5.76. The number of thiol groups is 1. The molecular weight excluding hydrogens is 147 g/mol. The van der Waals surface area contributed by atoms with Crippen molar-refractivity contribution in [1.82, 2.24) is 0 Å². The normalized spacial score (nSPS) is 9.90. The fraction of sp³-hybridized carbons (Fsp3) is 0.250. The van der Waals surface area contributed by atoms with Crippen LogP contribution in [0.5, 0.6) is 0 Å². The molecule has 54 valence electrons. The van der Waals surface area contributed by atoms with Crippen molar-refractivity contribution in [2.24, 2.45) is 0 Å². The van der Waals surface area contributed by atoms with Gasteiger partial charge in [0.05, 0.1) is 0 Å². The molecule has 0 heterocycles. The van der Waals surface area contributed by atoms with E-state index in [0.717, 1.165) is 11.1 Å². The van der Waals surface area contributed by atoms with Gasteiger partial charge >= 0.3 is 0 Å². The van der Waals surface area contributed by atoms with Gasteiger partial charge in [-0.3, -0.25) is 0 Å². The molecule has 0 N–H and O–H groups in total. The number of rotatable bonds is 1. The smallest absolute Gasteiger partial charge is 0.123 e. The second-order valence-corrected chi connectivity index (χ2v) is 2.61. The van der Waals surface area contributed by atoms with Crippen LogP contribution in [-0.4, -0.2) is 0 Å². The van der Waals surface area contributed by atoms with Crippen LogP contribution in [0.15, 0.2) is 18.2 Å². The van der Waals surface area contributed by atoms with E-state index in [1.54, 1.807) is 0 Å². The molecule has 0 aliphatic carbocycles. The number of hydrogen-bond acceptors (Lipinski definition) is 1. The first kappa shape index (κ1) is 7.61. The Morgan fingerprint density at radius 1 is 1.40 bits per heavy atom. The van der Waals surface area contributed by atoms with Crippen molar-refractivity contribution in [1.29, 1.82) is 0 Å². The molecular formula is C8H9FS. The van der Waals surface area contributed by atoms with Crippen LogP contribution in [0.3, 0.4) is 0 Å². The van der Waals surface area contributed by atoms with Gasteiger partial charge < -0.3 is 0 Å². The first-order valence-corrected chi connectivity index (χ1v) is 3.72. The maximum Gasteiger partial charge on any atom is 0.123 e. The molecule has 0 atom stereocenters. The van der Waals surface area contributed by atoms with Gasteiger partial charge in [0.25, 0.3) is 0 Å². The predicted octanol–water partition coefficient (Wildman–Crippen LogP) is 2.56. The maximum atomic E-state index is 12.6. The predicted molar refractivity (Wildman–Crippen MR) is 43.8 cm³/mol. The van der Waals surface area contributed by atoms with Crippen molar-refractivity contribution >= 4 is 12.6 Å². The third-order valence-electron chi connectivity index (χ3n) is 1.28. The van der Waals surface area contributed by atoms with E-state index in [1.807, 2.05) is 13.0 Å². The minimum absolute atomic E-state index is 0.177. The summed E-state index contributed by atoms with van der Waals surface area (Å²) in [6, 6.07) is 4.93. The van der Waals surface area contributed by atoms with Crippen molar-refractivity contribution in [3.8, 4) is 0 Å². The molecule has 0 saturated heterocycles. The van der Waals surface area contributed by atoms with Gasteiger partial charge in [-0.15, -0.1) is 0 Å². The van der Waals surface area contributed by atoms with Gasteiger partial charge in [0.2, 0.25) is 0 Å². The van der Waals surface area contributed by atoms with Crippen molar-refractivity contribution in [2.75, 3.05) is 0 Å². The second-order valence-electron chi connectivity index (χ2n) is 2.29. The van der Waals surface area contributed by atoms with Crippen LogP contribution in [0.2, 0.25) is 0 Å². The van der Waals surface area contributed by atoms with Gasteiger partial charge in [-0.05, 0) is 30.2 Å². The van der Waals surface area contributed by atoms with Crippen LogP contribution in [-0.2, 0) is 5.75 Å². The third-order valence-corrected chi connectivity index (χ3v) is 1.65. The van der Waals surface area contributed by atoms with Gasteiger partial charge in [-0.2, -0.15) is 12.6 Å². The van der Waals surface area contributed by atoms with E-state index in [0.29, 0.717) is 5.75 Å². The molecule has 0 unspecified atom stereocenters. The molecule has 0 bridgehead atoms. The quantitative estimate of drug-likeness (QED) is 0.593. The Labute approximate surface area is 65.5 Å². The number of aryl methyl sites for hydroxylation is 1. The fourth-order valence-electron chi connectivity index (χ4n) is 0.903. The summed E-state index contributed by atoms with van der Waals surface area (Å²) < 4.78 is 12.6. The fourth-order valence-corrected chi connectivity index (χ4v) is 1.09. The Kier molecular flexibility index (Phi) is 2.33. The van der Waals surface area contributed by atoms with Crippen LogP contribution < -0.4 is 0 Å². The highest BCUT2D eigenvalue weighted by molar-refractivity contribution is 7.79. The Bertz CT molecular complexity index is 212. The minimum atomic E-state index is -0.177. The van der Waals surface area contributed by atoms with Crippen molar-refractivity contribution in [2.45, 2.75) is 12.7 Å². The summed E-state index contributed by atoms with van der Waals surface area (Å²) in [5, 5.41) is 0. The molecule has 0 aromatic heterocycles. The molecule has 1 rings (SSSR count). The van der Waals surface area contributed by atoms with Crippen LogP contribution >= 0.6 is 12.6 Å². The summed E-state index contributed by atoms with van der Waals surface area (Å²) in [5.74, 6) is 0.419. The van der Waals surface area contributed by atoms with E-state index in [4.69, 9.17) is 0 Å². The van der Waals surface area contributed by atoms with E-state index in [-0.39, 0.29) is 5.82 Å². The average Bonchev–Trinajstić information content (AvgIpc) is 1.85. The summed E-state index contributed by atoms with van der Waals surface area (Å²) >= 11 is 4.04. The molecule has 1 aromatic carbocycles. The maximum absolute atomic E-state index is 12.6. The first-order chi connectivity index (χ1) is 4.72. The molecule has 2 heteroatoms. The molecule has 0 fully saturated rings. The Morgan fingerprint density at radius 3 is 2.60 bits per heavy atom. The van der Waals surface area contributed by atoms with Crippen LogP contribution in [0.1, 0.15) is 11.1 Å². The summed E-state index contributed by atoms with van der Waals surface area (Å²) in [7, 11) is 0. The zero-order chi connectivity index (χ0) is 7.56. The monoisotopic (exact) mass is 156 g/mol. The molecule has 0 aliphatic heterocycles. The second kappa shape index (κ2) is 3.06. The molecule has 0 radical (unpaired) electrons. The highest BCUT2D eigenvalue weighted by Crippen LogP contribution is 2.09. The van der Waals surface area contributed by atoms with Gasteiger partial charge in [0.15, 0.2) is 0 Å². The van der Waals surface area contributed by atoms with Crippen molar-refractivity contribution < 1.29 is 4.39 Å². The minimum Gasteiger partial charge on any atom is -0.207 e. The Morgan fingerprint density at radius 2 is 2.10 bits per heavy atom. The van der Waals surface area contributed by atoms with Crippen LogP contribution in [0.4, 0.5) is 4.39 Å². The lowest BCUT2D eigenvalue weighted by atomic mass is 10.1. The number of benzene rings is 1. The van der Waals surface area contributed by atoms with Crippen LogP contribution in [0, 0.1) is 12.7 Å².